The van der Waals surface area contributed by atoms with E-state index in [1.807, 2.05) is 0 Å². The first-order valence-corrected chi connectivity index (χ1v) is 6.33. The van der Waals surface area contributed by atoms with E-state index in [9.17, 15) is 9.59 Å². The average Bonchev–Trinajstić information content (AvgIpc) is 2.92. The monoisotopic (exact) mass is 327 g/mol. The van der Waals surface area contributed by atoms with Crippen molar-refractivity contribution in [2.75, 3.05) is 15.4 Å². The number of thiol groups is 1. The van der Waals surface area contributed by atoms with Crippen molar-refractivity contribution >= 4 is 53.5 Å². The Morgan fingerprint density at radius 3 is 2.67 bits per heavy atom. The number of amides is 2. The number of carboxylic acids is 1. The van der Waals surface area contributed by atoms with Gasteiger partial charge >= 0.3 is 12.0 Å². The fourth-order valence-corrected chi connectivity index (χ4v) is 1.78. The molecule has 1 aromatic carbocycles. The normalized spacial score (nSPS) is 10.2. The number of benzene rings is 1. The molecule has 7 nitrogen and oxygen atoms in total. The summed E-state index contributed by atoms with van der Waals surface area (Å²) in [5, 5.41) is 11.6. The number of nitrogens with one attached hydrogen (secondary N) is 1. The molecule has 0 unspecified atom stereocenters. The molecule has 0 aliphatic carbocycles. The lowest BCUT2D eigenvalue weighted by molar-refractivity contribution is 0.0662. The van der Waals surface area contributed by atoms with Crippen LogP contribution in [0.15, 0.2) is 34.9 Å². The largest absolute Gasteiger partial charge is 0.475 e. The fraction of sp³-hybridized carbons (Fsp3) is 0. The van der Waals surface area contributed by atoms with Crippen LogP contribution in [0.5, 0.6) is 0 Å². The van der Waals surface area contributed by atoms with Gasteiger partial charge in [-0.25, -0.2) is 13.9 Å². The van der Waals surface area contributed by atoms with Crippen molar-refractivity contribution < 1.29 is 19.1 Å². The maximum Gasteiger partial charge on any atom is 0.371 e. The van der Waals surface area contributed by atoms with Crippen LogP contribution in [0.4, 0.5) is 21.9 Å². The van der Waals surface area contributed by atoms with E-state index in [-0.39, 0.29) is 11.4 Å². The van der Waals surface area contributed by atoms with E-state index in [0.717, 1.165) is 10.6 Å². The molecule has 1 aromatic heterocycles. The molecule has 21 heavy (non-hydrogen) atoms. The molecule has 0 aliphatic heterocycles. The van der Waals surface area contributed by atoms with E-state index in [2.05, 4.69) is 18.1 Å². The Morgan fingerprint density at radius 2 is 2.10 bits per heavy atom. The Hall–Kier alpha value is -2.32. The summed E-state index contributed by atoms with van der Waals surface area (Å²) in [7, 11) is 0. The second-order valence-electron chi connectivity index (χ2n) is 3.95. The first-order valence-electron chi connectivity index (χ1n) is 5.55. The molecule has 0 bridgehead atoms. The van der Waals surface area contributed by atoms with Gasteiger partial charge in [-0.2, -0.15) is 0 Å². The summed E-state index contributed by atoms with van der Waals surface area (Å²) in [6.07, 6.45) is 1.10. The Balaban J connectivity index is 2.11. The van der Waals surface area contributed by atoms with Crippen molar-refractivity contribution in [3.63, 3.8) is 0 Å². The lowest BCUT2D eigenvalue weighted by atomic mass is 10.3. The van der Waals surface area contributed by atoms with Crippen LogP contribution in [-0.4, -0.2) is 17.1 Å². The van der Waals surface area contributed by atoms with Gasteiger partial charge in [-0.15, -0.1) is 0 Å². The first kappa shape index (κ1) is 15.1. The van der Waals surface area contributed by atoms with Crippen LogP contribution in [0.1, 0.15) is 10.6 Å². The predicted octanol–water partition coefficient (Wildman–Crippen LogP) is 3.10. The summed E-state index contributed by atoms with van der Waals surface area (Å²) in [6, 6.07) is 5.15. The topological polar surface area (TPSA) is 109 Å². The Kier molecular flexibility index (Phi) is 4.29. The summed E-state index contributed by atoms with van der Waals surface area (Å²) in [4.78, 5) is 22.7. The predicted molar refractivity (Wildman–Crippen MR) is 82.0 cm³/mol. The number of halogens is 1. The number of hydrogen-bond donors (Lipinski definition) is 4. The number of rotatable bonds is 3. The molecule has 2 rings (SSSR count). The quantitative estimate of drug-likeness (QED) is 0.511. The summed E-state index contributed by atoms with van der Waals surface area (Å²) in [6.45, 7) is 0. The molecular formula is C12H10ClN3O4S. The molecular weight excluding hydrogens is 318 g/mol. The third-order valence-electron chi connectivity index (χ3n) is 2.49. The number of aromatic carboxylic acids is 1. The molecule has 0 atom stereocenters. The molecule has 0 saturated heterocycles. The van der Waals surface area contributed by atoms with E-state index < -0.39 is 12.0 Å². The van der Waals surface area contributed by atoms with E-state index in [0.29, 0.717) is 16.4 Å². The minimum absolute atomic E-state index is 0.176. The zero-order valence-corrected chi connectivity index (χ0v) is 12.1. The highest BCUT2D eigenvalue weighted by molar-refractivity contribution is 7.82. The minimum Gasteiger partial charge on any atom is -0.475 e. The van der Waals surface area contributed by atoms with Gasteiger partial charge in [0.15, 0.2) is 0 Å². The van der Waals surface area contributed by atoms with Crippen LogP contribution in [0.2, 0.25) is 5.02 Å². The van der Waals surface area contributed by atoms with Gasteiger partial charge in [-0.3, -0.25) is 0 Å². The molecule has 0 fully saturated rings. The van der Waals surface area contributed by atoms with Gasteiger partial charge in [-0.05, 0) is 18.2 Å². The van der Waals surface area contributed by atoms with E-state index in [4.69, 9.17) is 26.9 Å². The number of anilines is 3. The van der Waals surface area contributed by atoms with Gasteiger partial charge in [-0.1, -0.05) is 24.4 Å². The van der Waals surface area contributed by atoms with Crippen LogP contribution in [0, 0.1) is 0 Å². The molecule has 110 valence electrons. The molecule has 1 heterocycles. The van der Waals surface area contributed by atoms with Crippen molar-refractivity contribution in [1.82, 2.24) is 0 Å². The number of nitrogen functional groups attached to an aromatic ring is 1. The molecule has 2 amide bonds. The second kappa shape index (κ2) is 5.98. The van der Waals surface area contributed by atoms with Crippen molar-refractivity contribution in [3.05, 3.63) is 41.3 Å². The van der Waals surface area contributed by atoms with Gasteiger partial charge in [0, 0.05) is 11.8 Å². The highest BCUT2D eigenvalue weighted by Crippen LogP contribution is 2.25. The van der Waals surface area contributed by atoms with Crippen LogP contribution >= 0.6 is 24.4 Å². The minimum atomic E-state index is -1.24. The van der Waals surface area contributed by atoms with Crippen molar-refractivity contribution in [1.29, 1.82) is 0 Å². The number of carbonyl (C=O) groups excluding carboxylic acids is 1. The molecule has 4 N–H and O–H groups in total. The van der Waals surface area contributed by atoms with Gasteiger partial charge in [0.2, 0.25) is 5.76 Å². The van der Waals surface area contributed by atoms with Crippen molar-refractivity contribution in [2.45, 2.75) is 0 Å². The van der Waals surface area contributed by atoms with Gasteiger partial charge in [0.1, 0.15) is 6.26 Å². The Bertz CT molecular complexity index is 704. The number of carbonyl (C=O) groups is 2. The highest BCUT2D eigenvalue weighted by atomic mass is 35.5. The van der Waals surface area contributed by atoms with E-state index in [1.165, 1.54) is 12.1 Å². The lowest BCUT2D eigenvalue weighted by Crippen LogP contribution is -2.26. The number of furan rings is 1. The second-order valence-corrected chi connectivity index (χ2v) is 4.76. The molecule has 0 aliphatic rings. The van der Waals surface area contributed by atoms with Gasteiger partial charge < -0.3 is 20.6 Å². The van der Waals surface area contributed by atoms with E-state index in [1.54, 1.807) is 12.1 Å². The lowest BCUT2D eigenvalue weighted by Gasteiger charge is -2.14. The standard InChI is InChI=1S/C12H10ClN3O4S/c13-8-3-6(1-2-9(8)14)15-12(19)16(21)7-4-10(11(17)18)20-5-7/h1-5,21H,14H2,(H,15,19)(H,17,18). The molecule has 9 heteroatoms. The number of hydrogen-bond acceptors (Lipinski definition) is 5. The SMILES string of the molecule is Nc1ccc(NC(=O)N(S)c2coc(C(=O)O)c2)cc1Cl. The van der Waals surface area contributed by atoms with Crippen LogP contribution in [0.25, 0.3) is 0 Å². The number of nitrogens with two attached hydrogens (primary N) is 1. The van der Waals surface area contributed by atoms with Crippen LogP contribution < -0.4 is 15.4 Å². The average molecular weight is 328 g/mol. The van der Waals surface area contributed by atoms with Crippen molar-refractivity contribution in [3.8, 4) is 0 Å². The summed E-state index contributed by atoms with van der Waals surface area (Å²) in [5.74, 6) is -1.54. The summed E-state index contributed by atoms with van der Waals surface area (Å²) in [5.41, 5.74) is 6.54. The number of urea groups is 1. The highest BCUT2D eigenvalue weighted by Gasteiger charge is 2.17. The maximum atomic E-state index is 12.0. The number of carboxylic acid groups (broad SMARTS) is 1. The fourth-order valence-electron chi connectivity index (χ4n) is 1.45. The van der Waals surface area contributed by atoms with Crippen LogP contribution in [0.3, 0.4) is 0 Å². The zero-order valence-electron chi connectivity index (χ0n) is 10.4. The summed E-state index contributed by atoms with van der Waals surface area (Å²) >= 11 is 9.83. The van der Waals surface area contributed by atoms with Gasteiger partial charge in [0.25, 0.3) is 0 Å². The first-order chi connectivity index (χ1) is 9.88. The molecule has 0 saturated carbocycles. The van der Waals surface area contributed by atoms with E-state index >= 15 is 0 Å². The third-order valence-corrected chi connectivity index (χ3v) is 3.22. The smallest absolute Gasteiger partial charge is 0.371 e. The zero-order chi connectivity index (χ0) is 15.6. The van der Waals surface area contributed by atoms with Gasteiger partial charge in [0.05, 0.1) is 16.4 Å². The molecule has 0 radical (unpaired) electrons. The summed E-state index contributed by atoms with van der Waals surface area (Å²) < 4.78 is 5.68. The Labute approximate surface area is 129 Å². The van der Waals surface area contributed by atoms with Crippen molar-refractivity contribution in [2.24, 2.45) is 0 Å². The molecule has 0 spiro atoms. The Morgan fingerprint density at radius 1 is 1.38 bits per heavy atom. The third kappa shape index (κ3) is 3.41. The molecule has 2 aromatic rings. The maximum absolute atomic E-state index is 12.0. The number of nitrogens with zero attached hydrogens (tertiary/aromatic N) is 1. The van der Waals surface area contributed by atoms with Crippen LogP contribution in [-0.2, 0) is 0 Å².